The van der Waals surface area contributed by atoms with Gasteiger partial charge in [-0.2, -0.15) is 11.3 Å². The summed E-state index contributed by atoms with van der Waals surface area (Å²) in [5, 5.41) is 18.4. The van der Waals surface area contributed by atoms with Crippen molar-refractivity contribution in [2.75, 3.05) is 5.32 Å². The van der Waals surface area contributed by atoms with Crippen LogP contribution < -0.4 is 10.6 Å². The van der Waals surface area contributed by atoms with Crippen LogP contribution in [-0.4, -0.2) is 17.1 Å². The summed E-state index contributed by atoms with van der Waals surface area (Å²) >= 11 is 1.56. The number of anilines is 1. The van der Waals surface area contributed by atoms with Gasteiger partial charge in [0, 0.05) is 0 Å². The second-order valence-corrected chi connectivity index (χ2v) is 5.51. The lowest BCUT2D eigenvalue weighted by Gasteiger charge is -2.15. The highest BCUT2D eigenvalue weighted by Gasteiger charge is 2.14. The van der Waals surface area contributed by atoms with Crippen LogP contribution in [0.2, 0.25) is 0 Å². The molecule has 2 aromatic rings. The van der Waals surface area contributed by atoms with E-state index < -0.39 is 12.0 Å². The quantitative estimate of drug-likeness (QED) is 0.807. The van der Waals surface area contributed by atoms with Gasteiger partial charge in [0.2, 0.25) is 0 Å². The van der Waals surface area contributed by atoms with Gasteiger partial charge in [0.25, 0.3) is 0 Å². The first kappa shape index (κ1) is 15.1. The van der Waals surface area contributed by atoms with Gasteiger partial charge in [0.15, 0.2) is 0 Å². The Kier molecular flexibility index (Phi) is 4.59. The van der Waals surface area contributed by atoms with Crippen molar-refractivity contribution in [2.45, 2.75) is 19.9 Å². The summed E-state index contributed by atoms with van der Waals surface area (Å²) in [5.41, 5.74) is 2.19. The standard InChI is InChI=1S/C15H16N2O3S/c1-9-3-4-13(12(7-9)14(18)19)17-15(20)16-10(2)11-5-6-21-8-11/h3-8,10H,1-2H3,(H,18,19)(H2,16,17,20). The zero-order chi connectivity index (χ0) is 15.4. The predicted octanol–water partition coefficient (Wildman–Crippen LogP) is 3.64. The molecule has 2 amide bonds. The molecule has 0 spiro atoms. The van der Waals surface area contributed by atoms with Gasteiger partial charge in [0.1, 0.15) is 0 Å². The molecule has 1 unspecified atom stereocenters. The minimum absolute atomic E-state index is 0.0772. The number of carbonyl (C=O) groups is 2. The van der Waals surface area contributed by atoms with E-state index >= 15 is 0 Å². The van der Waals surface area contributed by atoms with Crippen LogP contribution in [0.3, 0.4) is 0 Å². The average molecular weight is 304 g/mol. The number of hydrogen-bond donors (Lipinski definition) is 3. The summed E-state index contributed by atoms with van der Waals surface area (Å²) < 4.78 is 0. The van der Waals surface area contributed by atoms with Crippen molar-refractivity contribution in [3.8, 4) is 0 Å². The molecule has 1 heterocycles. The van der Waals surface area contributed by atoms with Crippen LogP contribution in [0.15, 0.2) is 35.0 Å². The Hall–Kier alpha value is -2.34. The van der Waals surface area contributed by atoms with Crippen molar-refractivity contribution in [1.29, 1.82) is 0 Å². The van der Waals surface area contributed by atoms with Crippen LogP contribution in [0, 0.1) is 6.92 Å². The van der Waals surface area contributed by atoms with Crippen LogP contribution in [-0.2, 0) is 0 Å². The number of carboxylic acid groups (broad SMARTS) is 1. The Morgan fingerprint density at radius 2 is 2.05 bits per heavy atom. The highest BCUT2D eigenvalue weighted by atomic mass is 32.1. The van der Waals surface area contributed by atoms with E-state index in [-0.39, 0.29) is 17.3 Å². The van der Waals surface area contributed by atoms with Gasteiger partial charge in [0.05, 0.1) is 17.3 Å². The van der Waals surface area contributed by atoms with Crippen LogP contribution in [0.4, 0.5) is 10.5 Å². The molecule has 21 heavy (non-hydrogen) atoms. The van der Waals surface area contributed by atoms with Crippen molar-refractivity contribution in [3.63, 3.8) is 0 Å². The second kappa shape index (κ2) is 6.41. The van der Waals surface area contributed by atoms with Crippen molar-refractivity contribution in [3.05, 3.63) is 51.7 Å². The molecule has 0 saturated heterocycles. The molecule has 0 radical (unpaired) electrons. The first-order valence-corrected chi connectivity index (χ1v) is 7.35. The maximum Gasteiger partial charge on any atom is 0.337 e. The molecule has 110 valence electrons. The van der Waals surface area contributed by atoms with Crippen LogP contribution >= 0.6 is 11.3 Å². The third-order valence-corrected chi connectivity index (χ3v) is 3.75. The summed E-state index contributed by atoms with van der Waals surface area (Å²) in [6.45, 7) is 3.67. The lowest BCUT2D eigenvalue weighted by atomic mass is 10.1. The smallest absolute Gasteiger partial charge is 0.337 e. The molecular formula is C15H16N2O3S. The fourth-order valence-corrected chi connectivity index (χ4v) is 2.66. The first-order valence-electron chi connectivity index (χ1n) is 6.41. The molecule has 2 rings (SSSR count). The van der Waals surface area contributed by atoms with E-state index in [0.29, 0.717) is 0 Å². The van der Waals surface area contributed by atoms with Crippen molar-refractivity contribution >= 4 is 29.0 Å². The molecule has 5 nitrogen and oxygen atoms in total. The summed E-state index contributed by atoms with van der Waals surface area (Å²) in [5.74, 6) is -1.07. The largest absolute Gasteiger partial charge is 0.478 e. The number of nitrogens with one attached hydrogen (secondary N) is 2. The lowest BCUT2D eigenvalue weighted by Crippen LogP contribution is -2.31. The number of urea groups is 1. The number of benzene rings is 1. The van der Waals surface area contributed by atoms with Gasteiger partial charge in [-0.15, -0.1) is 0 Å². The zero-order valence-corrected chi connectivity index (χ0v) is 12.5. The van der Waals surface area contributed by atoms with Crippen LogP contribution in [0.25, 0.3) is 0 Å². The van der Waals surface area contributed by atoms with E-state index in [9.17, 15) is 9.59 Å². The topological polar surface area (TPSA) is 78.4 Å². The third-order valence-electron chi connectivity index (χ3n) is 3.04. The first-order chi connectivity index (χ1) is 9.97. The molecule has 0 fully saturated rings. The van der Waals surface area contributed by atoms with Crippen LogP contribution in [0.5, 0.6) is 0 Å². The average Bonchev–Trinajstić information content (AvgIpc) is 2.94. The summed E-state index contributed by atoms with van der Waals surface area (Å²) in [6.07, 6.45) is 0. The van der Waals surface area contributed by atoms with Crippen molar-refractivity contribution in [2.24, 2.45) is 0 Å². The molecule has 0 aliphatic heterocycles. The number of thiophene rings is 1. The zero-order valence-electron chi connectivity index (χ0n) is 11.7. The number of hydrogen-bond acceptors (Lipinski definition) is 3. The summed E-state index contributed by atoms with van der Waals surface area (Å²) in [6, 6.07) is 6.23. The Bertz CT molecular complexity index is 653. The van der Waals surface area contributed by atoms with Gasteiger partial charge < -0.3 is 15.7 Å². The number of carboxylic acids is 1. The van der Waals surface area contributed by atoms with E-state index in [0.717, 1.165) is 11.1 Å². The molecular weight excluding hydrogens is 288 g/mol. The minimum Gasteiger partial charge on any atom is -0.478 e. The molecule has 0 bridgehead atoms. The van der Waals surface area contributed by atoms with Crippen LogP contribution in [0.1, 0.15) is 34.5 Å². The van der Waals surface area contributed by atoms with E-state index in [1.807, 2.05) is 23.8 Å². The van der Waals surface area contributed by atoms with Gasteiger partial charge in [-0.3, -0.25) is 0 Å². The molecule has 3 N–H and O–H groups in total. The molecule has 6 heteroatoms. The second-order valence-electron chi connectivity index (χ2n) is 4.73. The van der Waals surface area contributed by atoms with Crippen molar-refractivity contribution < 1.29 is 14.7 Å². The number of aryl methyl sites for hydroxylation is 1. The van der Waals surface area contributed by atoms with Gasteiger partial charge in [-0.25, -0.2) is 9.59 Å². The van der Waals surface area contributed by atoms with Gasteiger partial charge >= 0.3 is 12.0 Å². The van der Waals surface area contributed by atoms with Crippen molar-refractivity contribution in [1.82, 2.24) is 5.32 Å². The maximum absolute atomic E-state index is 12.0. The highest BCUT2D eigenvalue weighted by Crippen LogP contribution is 2.19. The third kappa shape index (κ3) is 3.82. The SMILES string of the molecule is Cc1ccc(NC(=O)NC(C)c2ccsc2)c(C(=O)O)c1. The fraction of sp³-hybridized carbons (Fsp3) is 0.200. The van der Waals surface area contributed by atoms with Gasteiger partial charge in [-0.1, -0.05) is 11.6 Å². The Morgan fingerprint density at radius 1 is 1.29 bits per heavy atom. The number of carbonyl (C=O) groups excluding carboxylic acids is 1. The Morgan fingerprint density at radius 3 is 2.67 bits per heavy atom. The Labute approximate surface area is 126 Å². The Balaban J connectivity index is 2.08. The monoisotopic (exact) mass is 304 g/mol. The van der Waals surface area contributed by atoms with E-state index in [4.69, 9.17) is 5.11 Å². The molecule has 0 aliphatic carbocycles. The normalized spacial score (nSPS) is 11.7. The molecule has 1 aromatic carbocycles. The predicted molar refractivity (Wildman–Crippen MR) is 83.0 cm³/mol. The molecule has 0 saturated carbocycles. The molecule has 1 atom stereocenters. The van der Waals surface area contributed by atoms with Gasteiger partial charge in [-0.05, 0) is 48.4 Å². The maximum atomic E-state index is 12.0. The summed E-state index contributed by atoms with van der Waals surface area (Å²) in [7, 11) is 0. The summed E-state index contributed by atoms with van der Waals surface area (Å²) in [4.78, 5) is 23.2. The van der Waals surface area contributed by atoms with E-state index in [2.05, 4.69) is 10.6 Å². The number of aromatic carboxylic acids is 1. The lowest BCUT2D eigenvalue weighted by molar-refractivity contribution is 0.0698. The molecule has 1 aromatic heterocycles. The molecule has 0 aliphatic rings. The fourth-order valence-electron chi connectivity index (χ4n) is 1.90. The van der Waals surface area contributed by atoms with E-state index in [1.165, 1.54) is 6.07 Å². The van der Waals surface area contributed by atoms with E-state index in [1.54, 1.807) is 30.4 Å². The minimum atomic E-state index is -1.07. The highest BCUT2D eigenvalue weighted by molar-refractivity contribution is 7.07. The number of amides is 2. The number of rotatable bonds is 4.